The summed E-state index contributed by atoms with van der Waals surface area (Å²) >= 11 is 0. The first-order valence-corrected chi connectivity index (χ1v) is 7.91. The van der Waals surface area contributed by atoms with E-state index in [9.17, 15) is 4.79 Å². The number of hydrogen-bond donors (Lipinski definition) is 2. The lowest BCUT2D eigenvalue weighted by molar-refractivity contribution is -0.119. The molecule has 1 aliphatic rings. The van der Waals surface area contributed by atoms with Gasteiger partial charge in [0.1, 0.15) is 5.82 Å². The zero-order valence-electron chi connectivity index (χ0n) is 13.7. The average molecular weight is 314 g/mol. The minimum atomic E-state index is -0.122. The number of anilines is 1. The van der Waals surface area contributed by atoms with Gasteiger partial charge in [0.15, 0.2) is 0 Å². The van der Waals surface area contributed by atoms with Crippen molar-refractivity contribution in [2.45, 2.75) is 26.2 Å². The number of carbonyl (C=O) groups is 1. The maximum absolute atomic E-state index is 12.6. The van der Waals surface area contributed by atoms with Crippen LogP contribution in [0.1, 0.15) is 29.9 Å². The lowest BCUT2D eigenvalue weighted by Crippen LogP contribution is -2.28. The number of hydrogen-bond acceptors (Lipinski definition) is 5. The Morgan fingerprint density at radius 2 is 2.09 bits per heavy atom. The van der Waals surface area contributed by atoms with Crippen molar-refractivity contribution < 1.29 is 4.79 Å². The molecule has 2 aromatic rings. The first kappa shape index (κ1) is 15.6. The molecule has 2 aromatic heterocycles. The molecule has 0 radical (unpaired) electrons. The molecule has 1 fully saturated rings. The van der Waals surface area contributed by atoms with E-state index in [0.717, 1.165) is 30.0 Å². The highest BCUT2D eigenvalue weighted by atomic mass is 16.2. The zero-order chi connectivity index (χ0) is 16.4. The van der Waals surface area contributed by atoms with Gasteiger partial charge in [-0.05, 0) is 12.5 Å². The zero-order valence-corrected chi connectivity index (χ0v) is 13.7. The molecule has 0 aromatic carbocycles. The summed E-state index contributed by atoms with van der Waals surface area (Å²) in [5.41, 5.74) is 2.88. The molecule has 7 nitrogen and oxygen atoms in total. The predicted octanol–water partition coefficient (Wildman–Crippen LogP) is 1.02. The normalized spacial score (nSPS) is 20.7. The first-order chi connectivity index (χ1) is 11.1. The van der Waals surface area contributed by atoms with E-state index in [1.165, 1.54) is 0 Å². The second-order valence-corrected chi connectivity index (χ2v) is 5.91. The molecule has 1 amide bonds. The second kappa shape index (κ2) is 6.45. The molecule has 1 saturated heterocycles. The quantitative estimate of drug-likeness (QED) is 0.880. The summed E-state index contributed by atoms with van der Waals surface area (Å²) in [4.78, 5) is 21.1. The van der Waals surface area contributed by atoms with Crippen LogP contribution in [-0.2, 0) is 18.3 Å². The summed E-state index contributed by atoms with van der Waals surface area (Å²) in [5.74, 6) is 0.786. The number of amides is 1. The fourth-order valence-electron chi connectivity index (χ4n) is 3.00. The third-order valence-corrected chi connectivity index (χ3v) is 4.51. The molecule has 3 rings (SSSR count). The standard InChI is InChI=1S/C16H22N6O/c1-4-15-18-5-11(6-19-15)21-16(23)14-8-17-7-13(14)12-9-20-22(3)10(12)2/h5-6,9,13-14,17H,4,7-8H2,1-3H3,(H,21,23)/t13-,14+/m1/s1. The van der Waals surface area contributed by atoms with Crippen LogP contribution in [0, 0.1) is 12.8 Å². The van der Waals surface area contributed by atoms with Crippen molar-refractivity contribution in [1.29, 1.82) is 0 Å². The van der Waals surface area contributed by atoms with E-state index in [1.54, 1.807) is 12.4 Å². The number of aryl methyl sites for hydroxylation is 2. The highest BCUT2D eigenvalue weighted by Gasteiger charge is 2.35. The number of nitrogens with one attached hydrogen (secondary N) is 2. The van der Waals surface area contributed by atoms with Crippen molar-refractivity contribution in [3.63, 3.8) is 0 Å². The number of carbonyl (C=O) groups excluding carboxylic acids is 1. The molecule has 2 atom stereocenters. The Morgan fingerprint density at radius 1 is 1.35 bits per heavy atom. The van der Waals surface area contributed by atoms with Gasteiger partial charge in [0.05, 0.1) is 30.2 Å². The SMILES string of the molecule is CCc1ncc(NC(=O)[C@H]2CNC[C@@H]2c2cnn(C)c2C)cn1. The van der Waals surface area contributed by atoms with Crippen LogP contribution < -0.4 is 10.6 Å². The van der Waals surface area contributed by atoms with E-state index in [-0.39, 0.29) is 17.7 Å². The van der Waals surface area contributed by atoms with Gasteiger partial charge >= 0.3 is 0 Å². The molecule has 0 aliphatic carbocycles. The van der Waals surface area contributed by atoms with Crippen LogP contribution >= 0.6 is 0 Å². The Kier molecular flexibility index (Phi) is 4.38. The Morgan fingerprint density at radius 3 is 2.70 bits per heavy atom. The summed E-state index contributed by atoms with van der Waals surface area (Å²) in [5, 5.41) is 10.5. The van der Waals surface area contributed by atoms with Crippen LogP contribution in [0.5, 0.6) is 0 Å². The van der Waals surface area contributed by atoms with E-state index in [2.05, 4.69) is 25.7 Å². The average Bonchev–Trinajstić information content (AvgIpc) is 3.16. The summed E-state index contributed by atoms with van der Waals surface area (Å²) in [6.07, 6.45) is 5.97. The molecular formula is C16H22N6O. The molecule has 1 aliphatic heterocycles. The van der Waals surface area contributed by atoms with Gasteiger partial charge in [-0.15, -0.1) is 0 Å². The first-order valence-electron chi connectivity index (χ1n) is 7.91. The van der Waals surface area contributed by atoms with Crippen LogP contribution in [0.25, 0.3) is 0 Å². The van der Waals surface area contributed by atoms with Gasteiger partial charge in [-0.25, -0.2) is 9.97 Å². The van der Waals surface area contributed by atoms with E-state index in [4.69, 9.17) is 0 Å². The topological polar surface area (TPSA) is 84.7 Å². The van der Waals surface area contributed by atoms with E-state index < -0.39 is 0 Å². The number of aromatic nitrogens is 4. The molecule has 0 unspecified atom stereocenters. The minimum absolute atomic E-state index is 0.00361. The Hall–Kier alpha value is -2.28. The fraction of sp³-hybridized carbons (Fsp3) is 0.500. The molecule has 3 heterocycles. The maximum atomic E-state index is 12.6. The molecule has 0 saturated carbocycles. The highest BCUT2D eigenvalue weighted by molar-refractivity contribution is 5.93. The summed E-state index contributed by atoms with van der Waals surface area (Å²) in [6, 6.07) is 0. The van der Waals surface area contributed by atoms with Crippen LogP contribution in [-0.4, -0.2) is 38.7 Å². The van der Waals surface area contributed by atoms with Gasteiger partial charge in [-0.2, -0.15) is 5.10 Å². The second-order valence-electron chi connectivity index (χ2n) is 5.91. The van der Waals surface area contributed by atoms with E-state index >= 15 is 0 Å². The van der Waals surface area contributed by atoms with Crippen molar-refractivity contribution >= 4 is 11.6 Å². The van der Waals surface area contributed by atoms with Gasteiger partial charge in [0.25, 0.3) is 0 Å². The van der Waals surface area contributed by atoms with E-state index in [1.807, 2.05) is 31.8 Å². The van der Waals surface area contributed by atoms with E-state index in [0.29, 0.717) is 12.2 Å². The third-order valence-electron chi connectivity index (χ3n) is 4.51. The molecule has 23 heavy (non-hydrogen) atoms. The molecular weight excluding hydrogens is 292 g/mol. The highest BCUT2D eigenvalue weighted by Crippen LogP contribution is 2.30. The van der Waals surface area contributed by atoms with Crippen LogP contribution in [0.4, 0.5) is 5.69 Å². The lowest BCUT2D eigenvalue weighted by atomic mass is 9.88. The maximum Gasteiger partial charge on any atom is 0.229 e. The summed E-state index contributed by atoms with van der Waals surface area (Å²) in [6.45, 7) is 5.49. The lowest BCUT2D eigenvalue weighted by Gasteiger charge is -2.18. The minimum Gasteiger partial charge on any atom is -0.323 e. The van der Waals surface area contributed by atoms with Crippen LogP contribution in [0.3, 0.4) is 0 Å². The number of nitrogens with zero attached hydrogens (tertiary/aromatic N) is 4. The molecule has 0 bridgehead atoms. The Labute approximate surface area is 135 Å². The van der Waals surface area contributed by atoms with Crippen molar-refractivity contribution in [1.82, 2.24) is 25.1 Å². The third kappa shape index (κ3) is 3.10. The van der Waals surface area contributed by atoms with Gasteiger partial charge in [-0.1, -0.05) is 6.92 Å². The fourth-order valence-corrected chi connectivity index (χ4v) is 3.00. The Bertz CT molecular complexity index is 693. The van der Waals surface area contributed by atoms with Crippen LogP contribution in [0.2, 0.25) is 0 Å². The van der Waals surface area contributed by atoms with Gasteiger partial charge in [-0.3, -0.25) is 9.48 Å². The van der Waals surface area contributed by atoms with Gasteiger partial charge in [0.2, 0.25) is 5.91 Å². The number of rotatable bonds is 4. The van der Waals surface area contributed by atoms with Crippen molar-refractivity contribution in [3.8, 4) is 0 Å². The van der Waals surface area contributed by atoms with Crippen molar-refractivity contribution in [3.05, 3.63) is 35.7 Å². The predicted molar refractivity (Wildman–Crippen MR) is 87.1 cm³/mol. The monoisotopic (exact) mass is 314 g/mol. The van der Waals surface area contributed by atoms with Gasteiger partial charge < -0.3 is 10.6 Å². The Balaban J connectivity index is 1.74. The summed E-state index contributed by atoms with van der Waals surface area (Å²) < 4.78 is 1.85. The smallest absolute Gasteiger partial charge is 0.229 e. The molecule has 0 spiro atoms. The molecule has 2 N–H and O–H groups in total. The summed E-state index contributed by atoms with van der Waals surface area (Å²) in [7, 11) is 1.92. The van der Waals surface area contributed by atoms with Gasteiger partial charge in [0, 0.05) is 38.2 Å². The largest absolute Gasteiger partial charge is 0.323 e. The van der Waals surface area contributed by atoms with Crippen LogP contribution in [0.15, 0.2) is 18.6 Å². The van der Waals surface area contributed by atoms with Crippen molar-refractivity contribution in [2.75, 3.05) is 18.4 Å². The molecule has 7 heteroatoms. The van der Waals surface area contributed by atoms with Crippen molar-refractivity contribution in [2.24, 2.45) is 13.0 Å². The molecule has 122 valence electrons.